The third-order valence-electron chi connectivity index (χ3n) is 4.76. The van der Waals surface area contributed by atoms with Crippen LogP contribution in [0.2, 0.25) is 0 Å². The molecule has 10 heteroatoms. The van der Waals surface area contributed by atoms with Gasteiger partial charge < -0.3 is 30.7 Å². The maximum atomic E-state index is 10.3. The highest BCUT2D eigenvalue weighted by molar-refractivity contribution is 7.88. The fourth-order valence-electron chi connectivity index (χ4n) is 3.45. The van der Waals surface area contributed by atoms with Crippen LogP contribution in [0.1, 0.15) is 172 Å². The van der Waals surface area contributed by atoms with E-state index in [1.165, 1.54) is 0 Å². The van der Waals surface area contributed by atoms with Crippen LogP contribution in [-0.4, -0.2) is 51.5 Å². The van der Waals surface area contributed by atoms with Gasteiger partial charge in [0.25, 0.3) is 0 Å². The average molecular weight is 884 g/mol. The van der Waals surface area contributed by atoms with Crippen LogP contribution in [0.15, 0.2) is 104 Å². The highest BCUT2D eigenvalue weighted by Gasteiger charge is 2.10. The van der Waals surface area contributed by atoms with Crippen molar-refractivity contribution < 1.29 is 17.9 Å². The van der Waals surface area contributed by atoms with E-state index in [0.717, 1.165) is 29.0 Å². The molecule has 0 aliphatic rings. The van der Waals surface area contributed by atoms with Gasteiger partial charge in [-0.05, 0) is 114 Å². The molecule has 61 heavy (non-hydrogen) atoms. The number of ether oxygens (including phenoxy) is 2. The zero-order valence-corrected chi connectivity index (χ0v) is 45.8. The minimum absolute atomic E-state index is 0.00463. The maximum Gasteiger partial charge on any atom is 0.208 e. The Labute approximate surface area is 383 Å². The quantitative estimate of drug-likeness (QED) is 0.126. The third-order valence-corrected chi connectivity index (χ3v) is 5.66. The lowest BCUT2D eigenvalue weighted by Crippen LogP contribution is -2.33. The van der Waals surface area contributed by atoms with Gasteiger partial charge in [0, 0.05) is 41.1 Å². The first kappa shape index (κ1) is 77.7. The molecule has 0 saturated heterocycles. The van der Waals surface area contributed by atoms with E-state index in [0.29, 0.717) is 29.9 Å². The monoisotopic (exact) mass is 884 g/mol. The molecule has 0 heterocycles. The molecule has 9 nitrogen and oxygen atoms in total. The molecule has 364 valence electrons. The molecule has 0 bridgehead atoms. The van der Waals surface area contributed by atoms with Crippen LogP contribution < -0.4 is 30.7 Å². The fraction of sp³-hybridized carbons (Fsp3) is 0.608. The number of sulfonamides is 1. The predicted octanol–water partition coefficient (Wildman–Crippen LogP) is 14.3. The van der Waals surface area contributed by atoms with Gasteiger partial charge in [0.15, 0.2) is 11.8 Å². The van der Waals surface area contributed by atoms with Crippen molar-refractivity contribution in [3.63, 3.8) is 0 Å². The van der Waals surface area contributed by atoms with Crippen molar-refractivity contribution in [2.45, 2.75) is 196 Å². The summed E-state index contributed by atoms with van der Waals surface area (Å²) in [6.07, 6.45) is 1.15. The van der Waals surface area contributed by atoms with E-state index in [-0.39, 0.29) is 11.6 Å². The van der Waals surface area contributed by atoms with Gasteiger partial charge in [-0.3, -0.25) is 0 Å². The highest BCUT2D eigenvalue weighted by atomic mass is 32.2. The topological polar surface area (TPSA) is 113 Å². The Morgan fingerprint density at radius 3 is 1.10 bits per heavy atom. The van der Waals surface area contributed by atoms with Gasteiger partial charge >= 0.3 is 0 Å². The number of rotatable bonds is 13. The summed E-state index contributed by atoms with van der Waals surface area (Å²) in [5, 5.41) is 12.5. The second-order valence-corrected chi connectivity index (χ2v) is 15.2. The second-order valence-electron chi connectivity index (χ2n) is 13.4. The van der Waals surface area contributed by atoms with Crippen LogP contribution in [0.5, 0.6) is 5.75 Å². The lowest BCUT2D eigenvalue weighted by molar-refractivity contribution is 0.256. The molecule has 0 atom stereocenters. The Bertz CT molecular complexity index is 1290. The second kappa shape index (κ2) is 56.1. The molecule has 0 aliphatic heterocycles. The highest BCUT2D eigenvalue weighted by Crippen LogP contribution is 2.13. The number of nitrogens with one attached hydrogen (secondary N) is 5. The zero-order chi connectivity index (χ0) is 50.8. The first-order valence-electron chi connectivity index (χ1n) is 22.5. The Balaban J connectivity index is -0.0000000757. The molecule has 0 radical (unpaired) electrons. The summed E-state index contributed by atoms with van der Waals surface area (Å²) in [6, 6.07) is 21.0. The van der Waals surface area contributed by atoms with E-state index < -0.39 is 10.0 Å². The molecule has 2 aromatic rings. The number of methoxy groups -OCH3 is 1. The summed E-state index contributed by atoms with van der Waals surface area (Å²) in [5.74, 6) is 2.02. The van der Waals surface area contributed by atoms with Crippen molar-refractivity contribution in [3.8, 4) is 5.75 Å². The lowest BCUT2D eigenvalue weighted by Gasteiger charge is -2.23. The van der Waals surface area contributed by atoms with Crippen LogP contribution >= 0.6 is 0 Å². The smallest absolute Gasteiger partial charge is 0.208 e. The Hall–Kier alpha value is -3.89. The maximum absolute atomic E-state index is 10.3. The van der Waals surface area contributed by atoms with E-state index in [1.54, 1.807) is 21.0 Å². The summed E-state index contributed by atoms with van der Waals surface area (Å²) in [7, 11) is -1.38. The molecule has 0 saturated carbocycles. The van der Waals surface area contributed by atoms with Gasteiger partial charge in [-0.2, -0.15) is 0 Å². The van der Waals surface area contributed by atoms with Crippen molar-refractivity contribution in [2.24, 2.45) is 0 Å². The minimum atomic E-state index is -2.97. The van der Waals surface area contributed by atoms with E-state index in [9.17, 15) is 8.42 Å². The van der Waals surface area contributed by atoms with E-state index in [2.05, 4.69) is 99.1 Å². The predicted molar refractivity (Wildman–Crippen MR) is 282 cm³/mol. The van der Waals surface area contributed by atoms with Crippen LogP contribution in [0.3, 0.4) is 0 Å². The minimum Gasteiger partial charge on any atom is -0.483 e. The van der Waals surface area contributed by atoms with Gasteiger partial charge in [0.1, 0.15) is 5.75 Å². The molecular weight excluding hydrogens is 779 g/mol. The Morgan fingerprint density at radius 2 is 0.885 bits per heavy atom. The summed E-state index contributed by atoms with van der Waals surface area (Å²) >= 11 is 0. The summed E-state index contributed by atoms with van der Waals surface area (Å²) in [5.41, 5.74) is 3.24. The molecule has 5 N–H and O–H groups in total. The summed E-state index contributed by atoms with van der Waals surface area (Å²) < 4.78 is 33.2. The average Bonchev–Trinajstić information content (AvgIpc) is 3.18. The molecule has 0 aliphatic carbocycles. The number of hydrogen-bond acceptors (Lipinski definition) is 8. The molecular formula is C51H105N5O4S. The molecule has 0 unspecified atom stereocenters. The molecule has 2 aromatic carbocycles. The van der Waals surface area contributed by atoms with Crippen LogP contribution in [0.4, 0.5) is 0 Å². The van der Waals surface area contributed by atoms with Crippen LogP contribution in [-0.2, 0) is 14.8 Å². The van der Waals surface area contributed by atoms with Crippen molar-refractivity contribution in [2.75, 3.05) is 13.4 Å². The number of benzene rings is 2. The van der Waals surface area contributed by atoms with Gasteiger partial charge in [-0.1, -0.05) is 145 Å². The van der Waals surface area contributed by atoms with Gasteiger partial charge in [0.2, 0.25) is 10.0 Å². The first-order valence-corrected chi connectivity index (χ1v) is 24.4. The van der Waals surface area contributed by atoms with Crippen molar-refractivity contribution >= 4 is 15.7 Å². The van der Waals surface area contributed by atoms with Crippen molar-refractivity contribution in [1.82, 2.24) is 26.0 Å². The van der Waals surface area contributed by atoms with E-state index >= 15 is 0 Å². The van der Waals surface area contributed by atoms with Gasteiger partial charge in [0.05, 0.1) is 13.4 Å². The summed E-state index contributed by atoms with van der Waals surface area (Å²) in [6.45, 7) is 63.2. The molecule has 0 fully saturated rings. The number of hydrogen-bond donors (Lipinski definition) is 5. The Morgan fingerprint density at radius 1 is 0.557 bits per heavy atom. The van der Waals surface area contributed by atoms with Crippen LogP contribution in [0, 0.1) is 0 Å². The number of para-hydroxylation sites is 1. The fourth-order valence-corrected chi connectivity index (χ4v) is 4.30. The Kier molecular flexibility index (Phi) is 71.5. The SMILES string of the molecule is C=C(C)NC(C)C.C=C(NC(C)(C)C)c1ccccc1.C=C(NC(C)C)OC.C=C(NC(C)C)Oc1ccccc1.CC.CC.CC.CC.CC.CC.CC(C)NS(C)(=O)=O. The van der Waals surface area contributed by atoms with E-state index in [1.807, 2.05) is 166 Å². The molecule has 2 rings (SSSR count). The zero-order valence-electron chi connectivity index (χ0n) is 45.0. The lowest BCUT2D eigenvalue weighted by atomic mass is 10.1. The van der Waals surface area contributed by atoms with Crippen molar-refractivity contribution in [3.05, 3.63) is 110 Å². The van der Waals surface area contributed by atoms with E-state index in [4.69, 9.17) is 9.47 Å². The molecule has 0 aromatic heterocycles. The number of allylic oxidation sites excluding steroid dienone is 1. The molecule has 0 amide bonds. The standard InChI is InChI=1S/C12H17N.C11H15NO.C6H13NO.C6H13N.C4H11NO2S.6C2H6/c1-10(13-12(2,3)4)11-8-6-5-7-9-11;1-9(2)12-10(3)13-11-7-5-4-6-8-11;1-5(2)7-6(3)8-4;1-5(2)7-6(3)4;1-4(2)5-8(3,6)7;6*1-2/h5-9,13H,1H2,2-4H3;4-9,12H,3H2,1-2H3;5,7H,3H2,1-2,4H3;6-7H,1H2,2-4H3;4-5H,1-3H3;6*1-2H3. The third kappa shape index (κ3) is 84.4. The van der Waals surface area contributed by atoms with Crippen molar-refractivity contribution in [1.29, 1.82) is 0 Å². The van der Waals surface area contributed by atoms with Crippen LogP contribution in [0.25, 0.3) is 5.70 Å². The van der Waals surface area contributed by atoms with Gasteiger partial charge in [-0.25, -0.2) is 13.1 Å². The molecule has 0 spiro atoms. The normalized spacial score (nSPS) is 8.89. The summed E-state index contributed by atoms with van der Waals surface area (Å²) in [4.78, 5) is 0. The van der Waals surface area contributed by atoms with Gasteiger partial charge in [-0.15, -0.1) is 0 Å². The first-order chi connectivity index (χ1) is 28.4. The largest absolute Gasteiger partial charge is 0.483 e.